The first-order chi connectivity index (χ1) is 11.7. The van der Waals surface area contributed by atoms with Gasteiger partial charge in [0.1, 0.15) is 21.6 Å². The van der Waals surface area contributed by atoms with Crippen molar-refractivity contribution >= 4 is 44.5 Å². The highest BCUT2D eigenvalue weighted by molar-refractivity contribution is 7.18. The summed E-state index contributed by atoms with van der Waals surface area (Å²) in [6, 6.07) is 12.0. The number of benzene rings is 1. The van der Waals surface area contributed by atoms with Gasteiger partial charge in [-0.15, -0.1) is 22.7 Å². The van der Waals surface area contributed by atoms with Crippen LogP contribution >= 0.6 is 34.3 Å². The second-order valence-corrected chi connectivity index (χ2v) is 7.43. The molecule has 3 nitrogen and oxygen atoms in total. The molecule has 4 aromatic rings. The number of fused-ring (bicyclic) bond motifs is 1. The van der Waals surface area contributed by atoms with Gasteiger partial charge >= 0.3 is 0 Å². The normalized spacial score (nSPS) is 11.1. The summed E-state index contributed by atoms with van der Waals surface area (Å²) in [6.45, 7) is 0. The van der Waals surface area contributed by atoms with Crippen LogP contribution in [0.1, 0.15) is 11.4 Å². The van der Waals surface area contributed by atoms with Crippen molar-refractivity contribution < 1.29 is 4.74 Å². The lowest BCUT2D eigenvalue weighted by Gasteiger charge is -2.05. The van der Waals surface area contributed by atoms with Crippen molar-refractivity contribution in [3.8, 4) is 16.2 Å². The molecule has 0 N–H and O–H groups in total. The molecule has 0 bridgehead atoms. The number of rotatable bonds is 4. The van der Waals surface area contributed by atoms with E-state index in [1.54, 1.807) is 29.8 Å². The van der Waals surface area contributed by atoms with Crippen molar-refractivity contribution in [3.05, 3.63) is 63.7 Å². The fourth-order valence-corrected chi connectivity index (χ4v) is 4.68. The lowest BCUT2D eigenvalue weighted by atomic mass is 10.1. The lowest BCUT2D eigenvalue weighted by Crippen LogP contribution is -1.97. The predicted octanol–water partition coefficient (Wildman–Crippen LogP) is 5.67. The fourth-order valence-electron chi connectivity index (χ4n) is 2.56. The molecule has 0 atom stereocenters. The SMILES string of the molecule is COc1ccc(Cc2nc(Cl)c3c(-c4cccs4)csc3n2)cc1. The van der Waals surface area contributed by atoms with E-state index < -0.39 is 0 Å². The molecule has 0 amide bonds. The van der Waals surface area contributed by atoms with E-state index in [2.05, 4.69) is 21.8 Å². The van der Waals surface area contributed by atoms with Crippen molar-refractivity contribution in [1.29, 1.82) is 0 Å². The van der Waals surface area contributed by atoms with Crippen molar-refractivity contribution in [1.82, 2.24) is 9.97 Å². The smallest absolute Gasteiger partial charge is 0.142 e. The average molecular weight is 373 g/mol. The summed E-state index contributed by atoms with van der Waals surface area (Å²) in [4.78, 5) is 11.3. The van der Waals surface area contributed by atoms with Crippen molar-refractivity contribution in [2.75, 3.05) is 7.11 Å². The first-order valence-electron chi connectivity index (χ1n) is 7.35. The zero-order valence-corrected chi connectivity index (χ0v) is 15.2. The number of hydrogen-bond donors (Lipinski definition) is 0. The summed E-state index contributed by atoms with van der Waals surface area (Å²) in [6.07, 6.45) is 0.645. The zero-order valence-electron chi connectivity index (χ0n) is 12.8. The Hall–Kier alpha value is -1.95. The van der Waals surface area contributed by atoms with Gasteiger partial charge in [0.25, 0.3) is 0 Å². The van der Waals surface area contributed by atoms with Crippen LogP contribution in [0, 0.1) is 0 Å². The van der Waals surface area contributed by atoms with Crippen LogP contribution in [0.5, 0.6) is 5.75 Å². The van der Waals surface area contributed by atoms with E-state index in [0.717, 1.165) is 32.9 Å². The highest BCUT2D eigenvalue weighted by atomic mass is 35.5. The minimum Gasteiger partial charge on any atom is -0.497 e. The number of thiophene rings is 2. The molecule has 0 saturated carbocycles. The molecular weight excluding hydrogens is 360 g/mol. The minimum absolute atomic E-state index is 0.521. The number of methoxy groups -OCH3 is 1. The molecule has 3 aromatic heterocycles. The van der Waals surface area contributed by atoms with Gasteiger partial charge in [-0.1, -0.05) is 29.8 Å². The fraction of sp³-hybridized carbons (Fsp3) is 0.111. The van der Waals surface area contributed by atoms with Crippen LogP contribution in [-0.2, 0) is 6.42 Å². The van der Waals surface area contributed by atoms with Gasteiger partial charge in [-0.3, -0.25) is 0 Å². The van der Waals surface area contributed by atoms with Gasteiger partial charge in [0.2, 0.25) is 0 Å². The highest BCUT2D eigenvalue weighted by Crippen LogP contribution is 2.38. The van der Waals surface area contributed by atoms with E-state index >= 15 is 0 Å². The van der Waals surface area contributed by atoms with Crippen molar-refractivity contribution in [3.63, 3.8) is 0 Å². The Morgan fingerprint density at radius 3 is 2.62 bits per heavy atom. The van der Waals surface area contributed by atoms with E-state index in [1.165, 1.54) is 4.88 Å². The number of hydrogen-bond acceptors (Lipinski definition) is 5. The Kier molecular flexibility index (Phi) is 4.22. The largest absolute Gasteiger partial charge is 0.497 e. The Labute approximate surface area is 152 Å². The van der Waals surface area contributed by atoms with Crippen LogP contribution in [0.3, 0.4) is 0 Å². The first-order valence-corrected chi connectivity index (χ1v) is 9.49. The van der Waals surface area contributed by atoms with Crippen LogP contribution in [0.15, 0.2) is 47.2 Å². The number of nitrogens with zero attached hydrogens (tertiary/aromatic N) is 2. The second kappa shape index (κ2) is 6.51. The van der Waals surface area contributed by atoms with Gasteiger partial charge in [0.05, 0.1) is 12.5 Å². The predicted molar refractivity (Wildman–Crippen MR) is 102 cm³/mol. The van der Waals surface area contributed by atoms with Crippen LogP contribution in [0.25, 0.3) is 20.7 Å². The Morgan fingerprint density at radius 1 is 1.08 bits per heavy atom. The van der Waals surface area contributed by atoms with Crippen LogP contribution < -0.4 is 4.74 Å². The van der Waals surface area contributed by atoms with Gasteiger partial charge < -0.3 is 4.74 Å². The lowest BCUT2D eigenvalue weighted by molar-refractivity contribution is 0.414. The van der Waals surface area contributed by atoms with E-state index in [4.69, 9.17) is 21.3 Å². The van der Waals surface area contributed by atoms with Crippen molar-refractivity contribution in [2.45, 2.75) is 6.42 Å². The van der Waals surface area contributed by atoms with Gasteiger partial charge in [-0.25, -0.2) is 9.97 Å². The van der Waals surface area contributed by atoms with E-state index in [9.17, 15) is 0 Å². The van der Waals surface area contributed by atoms with Crippen LogP contribution in [-0.4, -0.2) is 17.1 Å². The molecule has 0 unspecified atom stereocenters. The molecule has 0 spiro atoms. The molecule has 120 valence electrons. The Balaban J connectivity index is 1.70. The number of ether oxygens (including phenoxy) is 1. The number of aromatic nitrogens is 2. The molecule has 1 aromatic carbocycles. The van der Waals surface area contributed by atoms with E-state index in [1.807, 2.05) is 30.3 Å². The molecule has 0 aliphatic carbocycles. The zero-order chi connectivity index (χ0) is 16.5. The maximum Gasteiger partial charge on any atom is 0.142 e. The summed E-state index contributed by atoms with van der Waals surface area (Å²) >= 11 is 9.78. The van der Waals surface area contributed by atoms with E-state index in [-0.39, 0.29) is 0 Å². The molecule has 0 aliphatic rings. The molecule has 24 heavy (non-hydrogen) atoms. The monoisotopic (exact) mass is 372 g/mol. The third-order valence-electron chi connectivity index (χ3n) is 3.74. The number of halogens is 1. The van der Waals surface area contributed by atoms with Crippen LogP contribution in [0.4, 0.5) is 0 Å². The topological polar surface area (TPSA) is 35.0 Å². The van der Waals surface area contributed by atoms with Gasteiger partial charge in [-0.2, -0.15) is 0 Å². The Morgan fingerprint density at radius 2 is 1.92 bits per heavy atom. The third kappa shape index (κ3) is 2.90. The van der Waals surface area contributed by atoms with E-state index in [0.29, 0.717) is 11.6 Å². The third-order valence-corrected chi connectivity index (χ3v) is 5.79. The average Bonchev–Trinajstić information content (AvgIpc) is 3.24. The summed E-state index contributed by atoms with van der Waals surface area (Å²) in [5.74, 6) is 1.57. The van der Waals surface area contributed by atoms with Gasteiger partial charge in [-0.05, 0) is 29.1 Å². The summed E-state index contributed by atoms with van der Waals surface area (Å²) in [5.41, 5.74) is 2.24. The minimum atomic E-state index is 0.521. The highest BCUT2D eigenvalue weighted by Gasteiger charge is 2.15. The van der Waals surface area contributed by atoms with Gasteiger partial charge in [0, 0.05) is 22.2 Å². The molecule has 3 heterocycles. The van der Waals surface area contributed by atoms with Crippen LogP contribution in [0.2, 0.25) is 5.15 Å². The molecule has 0 fully saturated rings. The maximum absolute atomic E-state index is 6.48. The first kappa shape index (κ1) is 15.6. The quantitative estimate of drug-likeness (QED) is 0.433. The molecule has 0 saturated heterocycles. The maximum atomic E-state index is 6.48. The Bertz CT molecular complexity index is 978. The summed E-state index contributed by atoms with van der Waals surface area (Å²) < 4.78 is 5.18. The summed E-state index contributed by atoms with van der Waals surface area (Å²) in [5, 5.41) is 5.63. The van der Waals surface area contributed by atoms with Crippen molar-refractivity contribution in [2.24, 2.45) is 0 Å². The molecular formula is C18H13ClN2OS2. The molecule has 4 rings (SSSR count). The second-order valence-electron chi connectivity index (χ2n) is 5.26. The summed E-state index contributed by atoms with van der Waals surface area (Å²) in [7, 11) is 1.66. The molecule has 0 radical (unpaired) electrons. The van der Waals surface area contributed by atoms with Gasteiger partial charge in [0.15, 0.2) is 0 Å². The standard InChI is InChI=1S/C18H13ClN2OS2/c1-22-12-6-4-11(5-7-12)9-15-20-17(19)16-13(10-24-18(16)21-15)14-3-2-8-23-14/h2-8,10H,9H2,1H3. The molecule has 0 aliphatic heterocycles. The molecule has 6 heteroatoms.